The monoisotopic (exact) mass is 324 g/mol. The second-order valence-corrected chi connectivity index (χ2v) is 5.47. The van der Waals surface area contributed by atoms with Crippen molar-refractivity contribution in [2.45, 2.75) is 6.18 Å². The lowest BCUT2D eigenvalue weighted by molar-refractivity contribution is -0.140. The topological polar surface area (TPSA) is 25.8 Å². The van der Waals surface area contributed by atoms with Gasteiger partial charge in [0.15, 0.2) is 5.69 Å². The SMILES string of the molecule is FC(F)(F)c1nc2cc3ccccc3cc2nc1-c1ccccc1. The highest BCUT2D eigenvalue weighted by Crippen LogP contribution is 2.36. The lowest BCUT2D eigenvalue weighted by atomic mass is 10.1. The van der Waals surface area contributed by atoms with Gasteiger partial charge in [-0.25, -0.2) is 9.97 Å². The quantitative estimate of drug-likeness (QED) is 0.434. The van der Waals surface area contributed by atoms with Gasteiger partial charge in [0.25, 0.3) is 0 Å². The summed E-state index contributed by atoms with van der Waals surface area (Å²) in [5.74, 6) is 0. The zero-order valence-electron chi connectivity index (χ0n) is 12.4. The van der Waals surface area contributed by atoms with Gasteiger partial charge in [-0.2, -0.15) is 13.2 Å². The highest BCUT2D eigenvalue weighted by molar-refractivity contribution is 5.95. The summed E-state index contributed by atoms with van der Waals surface area (Å²) in [6.07, 6.45) is -4.57. The predicted octanol–water partition coefficient (Wildman–Crippen LogP) is 5.47. The molecule has 0 aliphatic rings. The van der Waals surface area contributed by atoms with Crippen LogP contribution in [0.5, 0.6) is 0 Å². The van der Waals surface area contributed by atoms with Gasteiger partial charge < -0.3 is 0 Å². The third-order valence-corrected chi connectivity index (χ3v) is 3.85. The number of hydrogen-bond acceptors (Lipinski definition) is 2. The minimum Gasteiger partial charge on any atom is -0.244 e. The minimum atomic E-state index is -4.57. The molecule has 0 fully saturated rings. The van der Waals surface area contributed by atoms with Crippen LogP contribution in [0.25, 0.3) is 33.1 Å². The molecule has 0 saturated carbocycles. The van der Waals surface area contributed by atoms with Crippen LogP contribution in [-0.2, 0) is 6.18 Å². The van der Waals surface area contributed by atoms with Gasteiger partial charge in [0.2, 0.25) is 0 Å². The zero-order chi connectivity index (χ0) is 16.7. The first-order valence-corrected chi connectivity index (χ1v) is 7.35. The third kappa shape index (κ3) is 2.48. The highest BCUT2D eigenvalue weighted by atomic mass is 19.4. The largest absolute Gasteiger partial charge is 0.435 e. The minimum absolute atomic E-state index is 0.147. The van der Waals surface area contributed by atoms with Crippen molar-refractivity contribution in [1.82, 2.24) is 9.97 Å². The number of fused-ring (bicyclic) bond motifs is 2. The highest BCUT2D eigenvalue weighted by Gasteiger charge is 2.37. The fraction of sp³-hybridized carbons (Fsp3) is 0.0526. The first kappa shape index (κ1) is 14.6. The third-order valence-electron chi connectivity index (χ3n) is 3.85. The Morgan fingerprint density at radius 3 is 1.79 bits per heavy atom. The molecule has 5 heteroatoms. The van der Waals surface area contributed by atoms with Crippen LogP contribution in [0.1, 0.15) is 5.69 Å². The molecule has 0 bridgehead atoms. The molecular formula is C19H11F3N2. The van der Waals surface area contributed by atoms with Crippen molar-refractivity contribution < 1.29 is 13.2 Å². The Bertz CT molecular complexity index is 1040. The number of alkyl halides is 3. The van der Waals surface area contributed by atoms with Gasteiger partial charge in [0.05, 0.1) is 11.0 Å². The summed E-state index contributed by atoms with van der Waals surface area (Å²) >= 11 is 0. The van der Waals surface area contributed by atoms with Crippen molar-refractivity contribution in [2.24, 2.45) is 0 Å². The smallest absolute Gasteiger partial charge is 0.244 e. The molecule has 0 aliphatic heterocycles. The maximum Gasteiger partial charge on any atom is 0.435 e. The molecule has 24 heavy (non-hydrogen) atoms. The van der Waals surface area contributed by atoms with Crippen molar-refractivity contribution in [1.29, 1.82) is 0 Å². The number of rotatable bonds is 1. The van der Waals surface area contributed by atoms with Gasteiger partial charge in [-0.15, -0.1) is 0 Å². The average Bonchev–Trinajstić information content (AvgIpc) is 2.59. The van der Waals surface area contributed by atoms with Crippen molar-refractivity contribution in [2.75, 3.05) is 0 Å². The normalized spacial score (nSPS) is 12.0. The maximum atomic E-state index is 13.5. The van der Waals surface area contributed by atoms with Gasteiger partial charge >= 0.3 is 6.18 Å². The van der Waals surface area contributed by atoms with Crippen LogP contribution in [0.3, 0.4) is 0 Å². The van der Waals surface area contributed by atoms with Crippen LogP contribution in [0.4, 0.5) is 13.2 Å². The Labute approximate surface area is 135 Å². The Hall–Kier alpha value is -2.95. The molecule has 1 aromatic heterocycles. The second kappa shape index (κ2) is 5.30. The molecule has 0 atom stereocenters. The molecule has 0 saturated heterocycles. The summed E-state index contributed by atoms with van der Waals surface area (Å²) in [5.41, 5.74) is -0.0315. The summed E-state index contributed by atoms with van der Waals surface area (Å²) in [4.78, 5) is 8.16. The van der Waals surface area contributed by atoms with E-state index in [1.54, 1.807) is 42.5 Å². The van der Waals surface area contributed by atoms with Crippen LogP contribution in [0.15, 0.2) is 66.7 Å². The molecule has 4 rings (SSSR count). The van der Waals surface area contributed by atoms with Gasteiger partial charge in [0.1, 0.15) is 5.69 Å². The molecule has 0 aliphatic carbocycles. The van der Waals surface area contributed by atoms with E-state index < -0.39 is 11.9 Å². The van der Waals surface area contributed by atoms with E-state index in [-0.39, 0.29) is 11.2 Å². The van der Waals surface area contributed by atoms with E-state index in [1.807, 2.05) is 24.3 Å². The van der Waals surface area contributed by atoms with Gasteiger partial charge in [0, 0.05) is 5.56 Å². The fourth-order valence-electron chi connectivity index (χ4n) is 2.74. The molecule has 0 amide bonds. The molecule has 0 radical (unpaired) electrons. The first-order chi connectivity index (χ1) is 11.5. The van der Waals surface area contributed by atoms with Crippen molar-refractivity contribution >= 4 is 21.8 Å². The molecule has 0 N–H and O–H groups in total. The number of nitrogens with zero attached hydrogens (tertiary/aromatic N) is 2. The fourth-order valence-corrected chi connectivity index (χ4v) is 2.74. The van der Waals surface area contributed by atoms with E-state index in [1.165, 1.54) is 0 Å². The Balaban J connectivity index is 2.07. The molecule has 0 spiro atoms. The number of halogens is 3. The maximum absolute atomic E-state index is 13.5. The van der Waals surface area contributed by atoms with E-state index in [2.05, 4.69) is 9.97 Å². The van der Waals surface area contributed by atoms with Gasteiger partial charge in [-0.05, 0) is 22.9 Å². The molecule has 118 valence electrons. The molecule has 1 heterocycles. The zero-order valence-corrected chi connectivity index (χ0v) is 12.4. The van der Waals surface area contributed by atoms with Crippen LogP contribution in [-0.4, -0.2) is 9.97 Å². The van der Waals surface area contributed by atoms with E-state index >= 15 is 0 Å². The summed E-state index contributed by atoms with van der Waals surface area (Å²) in [7, 11) is 0. The molecule has 2 nitrogen and oxygen atoms in total. The number of benzene rings is 3. The molecule has 4 aromatic rings. The van der Waals surface area contributed by atoms with E-state index in [0.29, 0.717) is 11.1 Å². The van der Waals surface area contributed by atoms with Crippen LogP contribution >= 0.6 is 0 Å². The van der Waals surface area contributed by atoms with Crippen LogP contribution < -0.4 is 0 Å². The standard InChI is InChI=1S/C19H11F3N2/c20-19(21,22)18-17(12-6-2-1-3-7-12)23-15-10-13-8-4-5-9-14(13)11-16(15)24-18/h1-11H. The molecular weight excluding hydrogens is 313 g/mol. The number of hydrogen-bond donors (Lipinski definition) is 0. The van der Waals surface area contributed by atoms with Crippen LogP contribution in [0.2, 0.25) is 0 Å². The summed E-state index contributed by atoms with van der Waals surface area (Å²) in [6.45, 7) is 0. The van der Waals surface area contributed by atoms with Gasteiger partial charge in [-0.3, -0.25) is 0 Å². The Kier molecular flexibility index (Phi) is 3.23. The summed E-state index contributed by atoms with van der Waals surface area (Å²) < 4.78 is 40.4. The lowest BCUT2D eigenvalue weighted by Crippen LogP contribution is -2.12. The average molecular weight is 324 g/mol. The van der Waals surface area contributed by atoms with Crippen molar-refractivity contribution in [3.63, 3.8) is 0 Å². The van der Waals surface area contributed by atoms with E-state index in [0.717, 1.165) is 10.8 Å². The Morgan fingerprint density at radius 2 is 1.21 bits per heavy atom. The Morgan fingerprint density at radius 1 is 0.667 bits per heavy atom. The molecule has 3 aromatic carbocycles. The number of aromatic nitrogens is 2. The van der Waals surface area contributed by atoms with Crippen LogP contribution in [0, 0.1) is 0 Å². The van der Waals surface area contributed by atoms with E-state index in [9.17, 15) is 13.2 Å². The van der Waals surface area contributed by atoms with Gasteiger partial charge in [-0.1, -0.05) is 54.6 Å². The molecule has 0 unspecified atom stereocenters. The van der Waals surface area contributed by atoms with Crippen molar-refractivity contribution in [3.05, 3.63) is 72.4 Å². The van der Waals surface area contributed by atoms with Crippen molar-refractivity contribution in [3.8, 4) is 11.3 Å². The lowest BCUT2D eigenvalue weighted by Gasteiger charge is -2.13. The van der Waals surface area contributed by atoms with E-state index in [4.69, 9.17) is 0 Å². The summed E-state index contributed by atoms with van der Waals surface area (Å²) in [6, 6.07) is 19.2. The first-order valence-electron chi connectivity index (χ1n) is 7.35. The second-order valence-electron chi connectivity index (χ2n) is 5.47. The summed E-state index contributed by atoms with van der Waals surface area (Å²) in [5, 5.41) is 1.75. The predicted molar refractivity (Wildman–Crippen MR) is 87.5 cm³/mol.